The number of fused-ring (bicyclic) bond motifs is 1. The van der Waals surface area contributed by atoms with E-state index in [4.69, 9.17) is 0 Å². The van der Waals surface area contributed by atoms with Crippen molar-refractivity contribution in [2.75, 3.05) is 0 Å². The lowest BCUT2D eigenvalue weighted by atomic mass is 10.3. The lowest BCUT2D eigenvalue weighted by Gasteiger charge is -2.04. The monoisotopic (exact) mass is 227 g/mol. The minimum atomic E-state index is -4.55. The topological polar surface area (TPSA) is 46.7 Å². The number of imidazole rings is 1. The van der Waals surface area contributed by atoms with Gasteiger partial charge in [-0.1, -0.05) is 0 Å². The number of alkyl halides is 3. The Morgan fingerprint density at radius 3 is 2.81 bits per heavy atom. The molecule has 4 nitrogen and oxygen atoms in total. The largest absolute Gasteiger partial charge is 0.450 e. The summed E-state index contributed by atoms with van der Waals surface area (Å²) in [4.78, 5) is 16.6. The molecule has 0 aliphatic rings. The Morgan fingerprint density at radius 1 is 1.44 bits per heavy atom. The van der Waals surface area contributed by atoms with Crippen LogP contribution in [0, 0.1) is 0 Å². The third-order valence-corrected chi connectivity index (χ3v) is 1.97. The van der Waals surface area contributed by atoms with Gasteiger partial charge in [0, 0.05) is 6.20 Å². The van der Waals surface area contributed by atoms with Crippen LogP contribution in [-0.2, 0) is 11.0 Å². The predicted molar refractivity (Wildman–Crippen MR) is 48.0 cm³/mol. The summed E-state index contributed by atoms with van der Waals surface area (Å²) in [5, 5.41) is 0. The molecule has 7 heteroatoms. The molecule has 0 saturated heterocycles. The van der Waals surface area contributed by atoms with Crippen LogP contribution >= 0.6 is 0 Å². The molecular formula is C9H4F3N3O. The summed E-state index contributed by atoms with van der Waals surface area (Å²) in [6.45, 7) is 0. The maximum Gasteiger partial charge on any atom is 0.450 e. The van der Waals surface area contributed by atoms with Gasteiger partial charge >= 0.3 is 6.18 Å². The summed E-state index contributed by atoms with van der Waals surface area (Å²) >= 11 is 0. The van der Waals surface area contributed by atoms with E-state index in [0.29, 0.717) is 0 Å². The van der Waals surface area contributed by atoms with Crippen LogP contribution in [0.25, 0.3) is 5.52 Å². The van der Waals surface area contributed by atoms with Gasteiger partial charge < -0.3 is 0 Å². The molecule has 0 aliphatic heterocycles. The van der Waals surface area contributed by atoms with Crippen LogP contribution in [0.3, 0.4) is 0 Å². The summed E-state index contributed by atoms with van der Waals surface area (Å²) in [5.74, 6) is -1.05. The first-order chi connectivity index (χ1) is 7.54. The lowest BCUT2D eigenvalue weighted by molar-refractivity contribution is -0.145. The second-order valence-corrected chi connectivity index (χ2v) is 2.93. The smallest absolute Gasteiger partial charge is 0.294 e. The van der Waals surface area contributed by atoms with Crippen LogP contribution < -0.4 is 0 Å². The van der Waals surface area contributed by atoms with Crippen molar-refractivity contribution >= 4 is 17.3 Å². The quantitative estimate of drug-likeness (QED) is 0.554. The fraction of sp³-hybridized carbons (Fsp3) is 0.111. The Bertz CT molecular complexity index is 581. The molecule has 2 heterocycles. The summed E-state index contributed by atoms with van der Waals surface area (Å²) in [6.07, 6.45) is -1.05. The van der Waals surface area contributed by atoms with E-state index >= 15 is 0 Å². The van der Waals surface area contributed by atoms with E-state index in [1.807, 2.05) is 0 Å². The maximum atomic E-state index is 12.5. The molecule has 0 atom stereocenters. The first-order valence-corrected chi connectivity index (χ1v) is 4.15. The molecule has 16 heavy (non-hydrogen) atoms. The van der Waals surface area contributed by atoms with E-state index in [-0.39, 0.29) is 11.2 Å². The Kier molecular flexibility index (Phi) is 2.25. The Hall–Kier alpha value is -2.14. The number of isocyanates is 1. The van der Waals surface area contributed by atoms with Crippen molar-refractivity contribution in [2.24, 2.45) is 4.99 Å². The number of aromatic nitrogens is 2. The van der Waals surface area contributed by atoms with E-state index in [9.17, 15) is 18.0 Å². The average Bonchev–Trinajstić information content (AvgIpc) is 2.62. The molecule has 0 bridgehead atoms. The van der Waals surface area contributed by atoms with Crippen molar-refractivity contribution in [3.8, 4) is 0 Å². The highest BCUT2D eigenvalue weighted by Gasteiger charge is 2.36. The van der Waals surface area contributed by atoms with Gasteiger partial charge in [0.15, 0.2) is 0 Å². The zero-order valence-corrected chi connectivity index (χ0v) is 7.69. The Morgan fingerprint density at radius 2 is 2.19 bits per heavy atom. The normalized spacial score (nSPS) is 11.4. The fourth-order valence-corrected chi connectivity index (χ4v) is 1.36. The van der Waals surface area contributed by atoms with Gasteiger partial charge in [-0.3, -0.25) is 4.40 Å². The third kappa shape index (κ3) is 1.57. The number of carbonyl (C=O) groups excluding carboxylic acids is 1. The molecule has 0 fully saturated rings. The Labute approximate surface area is 87.1 Å². The van der Waals surface area contributed by atoms with Crippen LogP contribution in [0.2, 0.25) is 0 Å². The van der Waals surface area contributed by atoms with E-state index < -0.39 is 12.0 Å². The summed E-state index contributed by atoms with van der Waals surface area (Å²) in [5.41, 5.74) is 0.207. The molecule has 0 amide bonds. The number of halogens is 3. The van der Waals surface area contributed by atoms with Gasteiger partial charge in [0.25, 0.3) is 0 Å². The van der Waals surface area contributed by atoms with Crippen LogP contribution in [0.4, 0.5) is 18.9 Å². The van der Waals surface area contributed by atoms with Crippen LogP contribution in [0.5, 0.6) is 0 Å². The minimum absolute atomic E-state index is 0.0977. The molecule has 2 rings (SSSR count). The second kappa shape index (κ2) is 3.46. The standard InChI is InChI=1S/C9H4F3N3O/c10-9(11,12)8-13-4-7-6(14-5-16)2-1-3-15(7)8/h1-4H. The molecule has 0 aromatic carbocycles. The summed E-state index contributed by atoms with van der Waals surface area (Å²) in [6, 6.07) is 2.75. The summed E-state index contributed by atoms with van der Waals surface area (Å²) < 4.78 is 38.3. The number of pyridine rings is 1. The molecule has 2 aromatic heterocycles. The highest BCUT2D eigenvalue weighted by molar-refractivity contribution is 5.70. The van der Waals surface area contributed by atoms with Crippen molar-refractivity contribution in [3.63, 3.8) is 0 Å². The van der Waals surface area contributed by atoms with Crippen molar-refractivity contribution in [1.82, 2.24) is 9.38 Å². The summed E-state index contributed by atoms with van der Waals surface area (Å²) in [7, 11) is 0. The van der Waals surface area contributed by atoms with E-state index in [1.165, 1.54) is 24.4 Å². The molecular weight excluding hydrogens is 223 g/mol. The lowest BCUT2D eigenvalue weighted by Crippen LogP contribution is -2.10. The number of aliphatic imine (C=N–C) groups is 1. The highest BCUT2D eigenvalue weighted by atomic mass is 19.4. The predicted octanol–water partition coefficient (Wildman–Crippen LogP) is 2.32. The number of hydrogen-bond donors (Lipinski definition) is 0. The van der Waals surface area contributed by atoms with Crippen molar-refractivity contribution in [2.45, 2.75) is 6.18 Å². The van der Waals surface area contributed by atoms with E-state index in [2.05, 4.69) is 9.98 Å². The molecule has 0 saturated carbocycles. The molecule has 2 aromatic rings. The molecule has 0 spiro atoms. The van der Waals surface area contributed by atoms with Gasteiger partial charge in [-0.25, -0.2) is 9.78 Å². The maximum absolute atomic E-state index is 12.5. The molecule has 0 aliphatic carbocycles. The fourth-order valence-electron chi connectivity index (χ4n) is 1.36. The molecule has 82 valence electrons. The van der Waals surface area contributed by atoms with Crippen molar-refractivity contribution in [1.29, 1.82) is 0 Å². The van der Waals surface area contributed by atoms with Crippen LogP contribution in [-0.4, -0.2) is 15.5 Å². The highest BCUT2D eigenvalue weighted by Crippen LogP contribution is 2.30. The average molecular weight is 227 g/mol. The van der Waals surface area contributed by atoms with Gasteiger partial charge in [-0.2, -0.15) is 18.2 Å². The van der Waals surface area contributed by atoms with Gasteiger partial charge in [0.05, 0.1) is 11.7 Å². The zero-order chi connectivity index (χ0) is 11.8. The van der Waals surface area contributed by atoms with E-state index in [1.54, 1.807) is 0 Å². The molecule has 0 radical (unpaired) electrons. The number of nitrogens with zero attached hydrogens (tertiary/aromatic N) is 3. The van der Waals surface area contributed by atoms with Crippen LogP contribution in [0.15, 0.2) is 29.5 Å². The SMILES string of the molecule is O=C=Nc1cccn2c(C(F)(F)F)ncc12. The van der Waals surface area contributed by atoms with Crippen molar-refractivity contribution in [3.05, 3.63) is 30.4 Å². The first kappa shape index (κ1) is 10.4. The van der Waals surface area contributed by atoms with Crippen molar-refractivity contribution < 1.29 is 18.0 Å². The van der Waals surface area contributed by atoms with Gasteiger partial charge in [0.1, 0.15) is 5.69 Å². The second-order valence-electron chi connectivity index (χ2n) is 2.93. The molecule has 0 N–H and O–H groups in total. The first-order valence-electron chi connectivity index (χ1n) is 4.15. The number of hydrogen-bond acceptors (Lipinski definition) is 3. The Balaban J connectivity index is 2.76. The molecule has 0 unspecified atom stereocenters. The third-order valence-electron chi connectivity index (χ3n) is 1.97. The van der Waals surface area contributed by atoms with Gasteiger partial charge in [-0.05, 0) is 12.1 Å². The van der Waals surface area contributed by atoms with Crippen LogP contribution in [0.1, 0.15) is 5.82 Å². The zero-order valence-electron chi connectivity index (χ0n) is 7.69. The van der Waals surface area contributed by atoms with Gasteiger partial charge in [-0.15, -0.1) is 0 Å². The minimum Gasteiger partial charge on any atom is -0.294 e. The van der Waals surface area contributed by atoms with Gasteiger partial charge in [0.2, 0.25) is 11.9 Å². The number of rotatable bonds is 1. The van der Waals surface area contributed by atoms with E-state index in [0.717, 1.165) is 10.6 Å².